The Hall–Kier alpha value is -2.16. The predicted octanol–water partition coefficient (Wildman–Crippen LogP) is 0.150. The maximum Gasteiger partial charge on any atom is 0.328 e. The van der Waals surface area contributed by atoms with E-state index >= 15 is 0 Å². The van der Waals surface area contributed by atoms with E-state index < -0.39 is 6.10 Å². The number of amides is 1. The molecule has 0 spiro atoms. The molecule has 1 aliphatic heterocycles. The second kappa shape index (κ2) is 8.30. The van der Waals surface area contributed by atoms with Crippen LogP contribution in [0.25, 0.3) is 11.0 Å². The van der Waals surface area contributed by atoms with Gasteiger partial charge in [-0.3, -0.25) is 18.8 Å². The van der Waals surface area contributed by atoms with Crippen LogP contribution >= 0.6 is 0 Å². The highest BCUT2D eigenvalue weighted by molar-refractivity contribution is 5.78. The van der Waals surface area contributed by atoms with Crippen molar-refractivity contribution < 1.29 is 14.6 Å². The zero-order chi connectivity index (χ0) is 20.5. The largest absolute Gasteiger partial charge is 0.389 e. The molecular formula is C21H30N4O4. The van der Waals surface area contributed by atoms with Gasteiger partial charge < -0.3 is 15.2 Å². The van der Waals surface area contributed by atoms with Crippen molar-refractivity contribution in [2.75, 3.05) is 26.3 Å². The number of aliphatic hydroxyl groups excluding tert-OH is 1. The SMILES string of the molecule is Cn1c(=O)n(C)c2cc(CCC(=O)N[C@@H]3CC[C@@H](N4CCOCC4)[C@@H]3O)ccc21. The fourth-order valence-corrected chi connectivity index (χ4v) is 4.67. The van der Waals surface area contributed by atoms with Crippen molar-refractivity contribution in [3.05, 3.63) is 34.2 Å². The second-order valence-corrected chi connectivity index (χ2v) is 8.18. The lowest BCUT2D eigenvalue weighted by molar-refractivity contribution is -0.122. The van der Waals surface area contributed by atoms with Gasteiger partial charge in [0, 0.05) is 39.6 Å². The number of ether oxygens (including phenoxy) is 1. The fourth-order valence-electron chi connectivity index (χ4n) is 4.67. The first-order valence-electron chi connectivity index (χ1n) is 10.4. The molecule has 0 radical (unpaired) electrons. The molecule has 1 saturated heterocycles. The first-order chi connectivity index (χ1) is 14.0. The van der Waals surface area contributed by atoms with Crippen LogP contribution in [-0.2, 0) is 30.0 Å². The lowest BCUT2D eigenvalue weighted by atomic mass is 10.1. The van der Waals surface area contributed by atoms with Crippen LogP contribution in [0.2, 0.25) is 0 Å². The zero-order valence-electron chi connectivity index (χ0n) is 17.1. The van der Waals surface area contributed by atoms with E-state index in [0.29, 0.717) is 26.1 Å². The number of aryl methyl sites for hydroxylation is 3. The van der Waals surface area contributed by atoms with Crippen molar-refractivity contribution in [2.45, 2.75) is 43.9 Å². The number of carbonyl (C=O) groups excluding carboxylic acids is 1. The molecule has 1 aromatic carbocycles. The van der Waals surface area contributed by atoms with Gasteiger partial charge in [-0.15, -0.1) is 0 Å². The third-order valence-corrected chi connectivity index (χ3v) is 6.42. The molecule has 8 heteroatoms. The molecule has 158 valence electrons. The van der Waals surface area contributed by atoms with Crippen LogP contribution in [0.1, 0.15) is 24.8 Å². The summed E-state index contributed by atoms with van der Waals surface area (Å²) < 4.78 is 8.64. The van der Waals surface area contributed by atoms with Crippen LogP contribution in [0, 0.1) is 0 Å². The molecule has 0 bridgehead atoms. The van der Waals surface area contributed by atoms with E-state index in [0.717, 1.165) is 42.5 Å². The van der Waals surface area contributed by atoms with Gasteiger partial charge in [0.05, 0.1) is 36.4 Å². The number of rotatable bonds is 5. The number of hydrogen-bond acceptors (Lipinski definition) is 5. The van der Waals surface area contributed by atoms with Crippen molar-refractivity contribution in [2.24, 2.45) is 14.1 Å². The summed E-state index contributed by atoms with van der Waals surface area (Å²) in [6.07, 6.45) is 2.11. The Labute approximate surface area is 170 Å². The van der Waals surface area contributed by atoms with E-state index in [9.17, 15) is 14.7 Å². The third-order valence-electron chi connectivity index (χ3n) is 6.42. The normalized spacial score (nSPS) is 25.6. The smallest absolute Gasteiger partial charge is 0.328 e. The van der Waals surface area contributed by atoms with Crippen LogP contribution in [0.4, 0.5) is 0 Å². The topological polar surface area (TPSA) is 88.7 Å². The maximum atomic E-state index is 12.5. The maximum absolute atomic E-state index is 12.5. The van der Waals surface area contributed by atoms with Crippen molar-refractivity contribution in [1.82, 2.24) is 19.4 Å². The molecule has 0 unspecified atom stereocenters. The second-order valence-electron chi connectivity index (χ2n) is 8.18. The Balaban J connectivity index is 1.33. The lowest BCUT2D eigenvalue weighted by Crippen LogP contribution is -2.51. The number of fused-ring (bicyclic) bond motifs is 1. The minimum absolute atomic E-state index is 0.0428. The number of aliphatic hydroxyl groups is 1. The van der Waals surface area contributed by atoms with E-state index in [1.165, 1.54) is 0 Å². The standard InChI is InChI=1S/C21H30N4O4/c1-23-16-6-3-14(13-18(16)24(2)21(23)28)4-8-19(26)22-15-5-7-17(20(15)27)25-9-11-29-12-10-25/h3,6,13,15,17,20,27H,4-5,7-12H2,1-2H3,(H,22,26)/t15-,17-,20-/m1/s1. The molecule has 1 saturated carbocycles. The molecule has 3 atom stereocenters. The van der Waals surface area contributed by atoms with Gasteiger partial charge in [0.25, 0.3) is 0 Å². The number of carbonyl (C=O) groups is 1. The summed E-state index contributed by atoms with van der Waals surface area (Å²) in [5.41, 5.74) is 2.72. The molecule has 29 heavy (non-hydrogen) atoms. The van der Waals surface area contributed by atoms with Crippen LogP contribution < -0.4 is 11.0 Å². The van der Waals surface area contributed by atoms with Crippen molar-refractivity contribution >= 4 is 16.9 Å². The lowest BCUT2D eigenvalue weighted by Gasteiger charge is -2.34. The fraction of sp³-hybridized carbons (Fsp3) is 0.619. The summed E-state index contributed by atoms with van der Waals surface area (Å²) in [5, 5.41) is 13.7. The molecule has 1 amide bonds. The summed E-state index contributed by atoms with van der Waals surface area (Å²) in [6, 6.07) is 5.78. The quantitative estimate of drug-likeness (QED) is 0.743. The van der Waals surface area contributed by atoms with E-state index in [2.05, 4.69) is 10.2 Å². The van der Waals surface area contributed by atoms with E-state index in [4.69, 9.17) is 4.74 Å². The number of benzene rings is 1. The summed E-state index contributed by atoms with van der Waals surface area (Å²) in [5.74, 6) is -0.0428. The van der Waals surface area contributed by atoms with Gasteiger partial charge in [-0.2, -0.15) is 0 Å². The van der Waals surface area contributed by atoms with Crippen LogP contribution in [0.15, 0.2) is 23.0 Å². The third kappa shape index (κ3) is 3.97. The van der Waals surface area contributed by atoms with Crippen molar-refractivity contribution in [3.63, 3.8) is 0 Å². The van der Waals surface area contributed by atoms with Gasteiger partial charge >= 0.3 is 5.69 Å². The zero-order valence-corrected chi connectivity index (χ0v) is 17.1. The van der Waals surface area contributed by atoms with Gasteiger partial charge in [-0.05, 0) is 37.0 Å². The first-order valence-corrected chi connectivity index (χ1v) is 10.4. The highest BCUT2D eigenvalue weighted by Crippen LogP contribution is 2.26. The van der Waals surface area contributed by atoms with E-state index in [1.54, 1.807) is 23.2 Å². The number of hydrogen-bond donors (Lipinski definition) is 2. The highest BCUT2D eigenvalue weighted by atomic mass is 16.5. The minimum atomic E-state index is -0.535. The summed E-state index contributed by atoms with van der Waals surface area (Å²) in [4.78, 5) is 26.8. The van der Waals surface area contributed by atoms with Gasteiger partial charge in [0.2, 0.25) is 5.91 Å². The number of imidazole rings is 1. The van der Waals surface area contributed by atoms with E-state index in [-0.39, 0.29) is 23.7 Å². The van der Waals surface area contributed by atoms with Gasteiger partial charge in [-0.1, -0.05) is 6.07 Å². The Morgan fingerprint density at radius 3 is 2.66 bits per heavy atom. The molecule has 2 N–H and O–H groups in total. The van der Waals surface area contributed by atoms with Crippen LogP contribution in [0.5, 0.6) is 0 Å². The Bertz CT molecular complexity index is 944. The molecule has 4 rings (SSSR count). The molecule has 2 heterocycles. The first kappa shape index (κ1) is 20.1. The summed E-state index contributed by atoms with van der Waals surface area (Å²) in [7, 11) is 3.52. The number of nitrogens with one attached hydrogen (secondary N) is 1. The molecule has 2 aromatic rings. The Morgan fingerprint density at radius 1 is 1.17 bits per heavy atom. The van der Waals surface area contributed by atoms with Crippen LogP contribution in [-0.4, -0.2) is 69.5 Å². The van der Waals surface area contributed by atoms with Gasteiger partial charge in [0.1, 0.15) is 0 Å². The Morgan fingerprint density at radius 2 is 1.90 bits per heavy atom. The van der Waals surface area contributed by atoms with E-state index in [1.807, 2.05) is 18.2 Å². The van der Waals surface area contributed by atoms with Crippen molar-refractivity contribution in [1.29, 1.82) is 0 Å². The molecular weight excluding hydrogens is 372 g/mol. The summed E-state index contributed by atoms with van der Waals surface area (Å²) >= 11 is 0. The number of nitrogens with zero attached hydrogens (tertiary/aromatic N) is 3. The minimum Gasteiger partial charge on any atom is -0.389 e. The monoisotopic (exact) mass is 402 g/mol. The van der Waals surface area contributed by atoms with Crippen molar-refractivity contribution in [3.8, 4) is 0 Å². The summed E-state index contributed by atoms with van der Waals surface area (Å²) in [6.45, 7) is 3.09. The Kier molecular flexibility index (Phi) is 5.76. The molecule has 8 nitrogen and oxygen atoms in total. The molecule has 1 aliphatic carbocycles. The van der Waals surface area contributed by atoms with Gasteiger partial charge in [-0.25, -0.2) is 4.79 Å². The molecule has 1 aromatic heterocycles. The number of morpholine rings is 1. The average molecular weight is 402 g/mol. The predicted molar refractivity (Wildman–Crippen MR) is 110 cm³/mol. The van der Waals surface area contributed by atoms with Gasteiger partial charge in [0.15, 0.2) is 0 Å². The number of aromatic nitrogens is 2. The average Bonchev–Trinajstić information content (AvgIpc) is 3.20. The highest BCUT2D eigenvalue weighted by Gasteiger charge is 2.39. The molecule has 2 fully saturated rings. The molecule has 2 aliphatic rings. The van der Waals surface area contributed by atoms with Crippen LogP contribution in [0.3, 0.4) is 0 Å².